The number of nitrogens with zero attached hydrogens (tertiary/aromatic N) is 1. The molecule has 0 radical (unpaired) electrons. The zero-order valence-corrected chi connectivity index (χ0v) is 16.6. The van der Waals surface area contributed by atoms with Crippen molar-refractivity contribution in [1.29, 1.82) is 0 Å². The Morgan fingerprint density at radius 3 is 2.79 bits per heavy atom. The largest absolute Gasteiger partial charge is 0.496 e. The highest BCUT2D eigenvalue weighted by molar-refractivity contribution is 5.77. The number of amides is 1. The Kier molecular flexibility index (Phi) is 5.96. The lowest BCUT2D eigenvalue weighted by molar-refractivity contribution is -0.133. The lowest BCUT2D eigenvalue weighted by atomic mass is 9.97. The zero-order valence-electron chi connectivity index (χ0n) is 16.6. The van der Waals surface area contributed by atoms with Crippen LogP contribution < -0.4 is 4.74 Å². The number of aryl methyl sites for hydroxylation is 1. The van der Waals surface area contributed by atoms with Crippen LogP contribution in [-0.4, -0.2) is 37.2 Å². The molecule has 1 aliphatic heterocycles. The van der Waals surface area contributed by atoms with Crippen LogP contribution in [0.1, 0.15) is 48.3 Å². The third-order valence-electron chi connectivity index (χ3n) is 6.03. The summed E-state index contributed by atoms with van der Waals surface area (Å²) < 4.78 is 11.3. The first-order valence-corrected chi connectivity index (χ1v) is 10.3. The SMILES string of the molecule is COc1ccccc1CN(CC1CCCO1)C(=O)CC1CCc2ccccc21. The third kappa shape index (κ3) is 4.22. The summed E-state index contributed by atoms with van der Waals surface area (Å²) in [5.74, 6) is 1.37. The Labute approximate surface area is 167 Å². The molecule has 1 heterocycles. The van der Waals surface area contributed by atoms with Gasteiger partial charge in [0.15, 0.2) is 0 Å². The fourth-order valence-corrected chi connectivity index (χ4v) is 4.53. The first-order valence-electron chi connectivity index (χ1n) is 10.3. The van der Waals surface area contributed by atoms with E-state index in [4.69, 9.17) is 9.47 Å². The lowest BCUT2D eigenvalue weighted by Crippen LogP contribution is -2.37. The van der Waals surface area contributed by atoms with Gasteiger partial charge in [-0.25, -0.2) is 0 Å². The van der Waals surface area contributed by atoms with Gasteiger partial charge in [-0.05, 0) is 48.8 Å². The molecule has 0 N–H and O–H groups in total. The molecule has 2 unspecified atom stereocenters. The molecule has 4 rings (SSSR count). The van der Waals surface area contributed by atoms with Crippen LogP contribution in [0.15, 0.2) is 48.5 Å². The van der Waals surface area contributed by atoms with Crippen LogP contribution in [0.25, 0.3) is 0 Å². The summed E-state index contributed by atoms with van der Waals surface area (Å²) in [6.45, 7) is 2.03. The standard InChI is InChI=1S/C24H29NO3/c1-27-23-11-5-3-8-20(23)16-25(17-21-9-6-14-28-21)24(26)15-19-13-12-18-7-2-4-10-22(18)19/h2-5,7-8,10-11,19,21H,6,9,12-17H2,1H3. The smallest absolute Gasteiger partial charge is 0.223 e. The minimum Gasteiger partial charge on any atom is -0.496 e. The molecule has 1 amide bonds. The average molecular weight is 380 g/mol. The number of methoxy groups -OCH3 is 1. The monoisotopic (exact) mass is 379 g/mol. The number of ether oxygens (including phenoxy) is 2. The van der Waals surface area contributed by atoms with Gasteiger partial charge in [-0.15, -0.1) is 0 Å². The molecule has 0 bridgehead atoms. The first kappa shape index (κ1) is 19.0. The van der Waals surface area contributed by atoms with Gasteiger partial charge in [0, 0.05) is 31.7 Å². The van der Waals surface area contributed by atoms with E-state index < -0.39 is 0 Å². The van der Waals surface area contributed by atoms with E-state index in [1.165, 1.54) is 11.1 Å². The van der Waals surface area contributed by atoms with Crippen molar-refractivity contribution >= 4 is 5.91 Å². The summed E-state index contributed by atoms with van der Waals surface area (Å²) in [7, 11) is 1.68. The van der Waals surface area contributed by atoms with Crippen molar-refractivity contribution in [2.24, 2.45) is 0 Å². The van der Waals surface area contributed by atoms with E-state index >= 15 is 0 Å². The molecule has 0 saturated carbocycles. The number of fused-ring (bicyclic) bond motifs is 1. The number of hydrogen-bond acceptors (Lipinski definition) is 3. The van der Waals surface area contributed by atoms with Gasteiger partial charge in [0.25, 0.3) is 0 Å². The molecular weight excluding hydrogens is 350 g/mol. The summed E-state index contributed by atoms with van der Waals surface area (Å²) in [6.07, 6.45) is 4.97. The van der Waals surface area contributed by atoms with Gasteiger partial charge >= 0.3 is 0 Å². The number of benzene rings is 2. The van der Waals surface area contributed by atoms with Crippen molar-refractivity contribution in [3.05, 3.63) is 65.2 Å². The first-order chi connectivity index (χ1) is 13.7. The summed E-state index contributed by atoms with van der Waals surface area (Å²) >= 11 is 0. The van der Waals surface area contributed by atoms with E-state index in [9.17, 15) is 4.79 Å². The molecule has 2 atom stereocenters. The highest BCUT2D eigenvalue weighted by atomic mass is 16.5. The normalized spacial score (nSPS) is 20.8. The molecule has 0 spiro atoms. The minimum atomic E-state index is 0.148. The van der Waals surface area contributed by atoms with E-state index in [0.717, 1.165) is 43.6 Å². The van der Waals surface area contributed by atoms with Crippen LogP contribution in [0, 0.1) is 0 Å². The van der Waals surface area contributed by atoms with Crippen molar-refractivity contribution in [1.82, 2.24) is 4.90 Å². The van der Waals surface area contributed by atoms with Gasteiger partial charge in [-0.2, -0.15) is 0 Å². The molecule has 2 aliphatic rings. The Morgan fingerprint density at radius 1 is 1.14 bits per heavy atom. The number of para-hydroxylation sites is 1. The van der Waals surface area contributed by atoms with E-state index in [0.29, 0.717) is 25.4 Å². The molecule has 1 saturated heterocycles. The van der Waals surface area contributed by atoms with Gasteiger partial charge in [-0.1, -0.05) is 42.5 Å². The number of carbonyl (C=O) groups excluding carboxylic acids is 1. The number of hydrogen-bond donors (Lipinski definition) is 0. The second-order valence-electron chi connectivity index (χ2n) is 7.86. The van der Waals surface area contributed by atoms with Crippen LogP contribution in [0.4, 0.5) is 0 Å². The summed E-state index contributed by atoms with van der Waals surface area (Å²) in [4.78, 5) is 15.3. The number of carbonyl (C=O) groups is 1. The van der Waals surface area contributed by atoms with Gasteiger partial charge in [0.05, 0.1) is 13.2 Å². The van der Waals surface area contributed by atoms with E-state index in [1.807, 2.05) is 29.2 Å². The van der Waals surface area contributed by atoms with Crippen molar-refractivity contribution in [2.45, 2.75) is 50.7 Å². The van der Waals surface area contributed by atoms with Crippen LogP contribution in [0.5, 0.6) is 5.75 Å². The quantitative estimate of drug-likeness (QED) is 0.719. The molecule has 2 aromatic carbocycles. The fourth-order valence-electron chi connectivity index (χ4n) is 4.53. The molecule has 1 aliphatic carbocycles. The fraction of sp³-hybridized carbons (Fsp3) is 0.458. The molecule has 2 aromatic rings. The topological polar surface area (TPSA) is 38.8 Å². The van der Waals surface area contributed by atoms with Crippen LogP contribution in [-0.2, 0) is 22.5 Å². The van der Waals surface area contributed by atoms with Gasteiger partial charge in [0.2, 0.25) is 5.91 Å². The third-order valence-corrected chi connectivity index (χ3v) is 6.03. The molecule has 148 valence electrons. The molecular formula is C24H29NO3. The summed E-state index contributed by atoms with van der Waals surface area (Å²) in [6, 6.07) is 16.5. The van der Waals surface area contributed by atoms with Gasteiger partial charge in [0.1, 0.15) is 5.75 Å². The average Bonchev–Trinajstić information content (AvgIpc) is 3.38. The molecule has 1 fully saturated rings. The molecule has 0 aromatic heterocycles. The van der Waals surface area contributed by atoms with Crippen molar-refractivity contribution in [2.75, 3.05) is 20.3 Å². The lowest BCUT2D eigenvalue weighted by Gasteiger charge is -2.27. The van der Waals surface area contributed by atoms with E-state index in [-0.39, 0.29) is 12.0 Å². The van der Waals surface area contributed by atoms with Crippen LogP contribution in [0.2, 0.25) is 0 Å². The molecule has 4 heteroatoms. The number of rotatable bonds is 7. The van der Waals surface area contributed by atoms with Crippen molar-refractivity contribution in [3.63, 3.8) is 0 Å². The Bertz CT molecular complexity index is 813. The minimum absolute atomic E-state index is 0.148. The molecule has 28 heavy (non-hydrogen) atoms. The maximum atomic E-state index is 13.3. The van der Waals surface area contributed by atoms with E-state index in [1.54, 1.807) is 7.11 Å². The highest BCUT2D eigenvalue weighted by Gasteiger charge is 2.29. The zero-order chi connectivity index (χ0) is 19.3. The predicted octanol–water partition coefficient (Wildman–Crippen LogP) is 4.32. The second-order valence-corrected chi connectivity index (χ2v) is 7.86. The highest BCUT2D eigenvalue weighted by Crippen LogP contribution is 2.36. The summed E-state index contributed by atoms with van der Waals surface area (Å²) in [5, 5.41) is 0. The maximum Gasteiger partial charge on any atom is 0.223 e. The molecule has 4 nitrogen and oxygen atoms in total. The Hall–Kier alpha value is -2.33. The van der Waals surface area contributed by atoms with Crippen LogP contribution in [0.3, 0.4) is 0 Å². The second kappa shape index (κ2) is 8.78. The van der Waals surface area contributed by atoms with Gasteiger partial charge in [-0.3, -0.25) is 4.79 Å². The maximum absolute atomic E-state index is 13.3. The Balaban J connectivity index is 1.50. The van der Waals surface area contributed by atoms with Crippen molar-refractivity contribution < 1.29 is 14.3 Å². The van der Waals surface area contributed by atoms with E-state index in [2.05, 4.69) is 24.3 Å². The summed E-state index contributed by atoms with van der Waals surface area (Å²) in [5.41, 5.74) is 3.80. The van der Waals surface area contributed by atoms with Gasteiger partial charge < -0.3 is 14.4 Å². The van der Waals surface area contributed by atoms with Crippen molar-refractivity contribution in [3.8, 4) is 5.75 Å². The predicted molar refractivity (Wildman–Crippen MR) is 110 cm³/mol. The van der Waals surface area contributed by atoms with Crippen LogP contribution >= 0.6 is 0 Å². The Morgan fingerprint density at radius 2 is 1.96 bits per heavy atom.